The minimum atomic E-state index is -0.379. The molecule has 0 saturated heterocycles. The van der Waals surface area contributed by atoms with E-state index in [-0.39, 0.29) is 18.5 Å². The molecule has 2 aromatic rings. The molecular formula is C16H15FN2O. The SMILES string of the molecule is C[C@H](N)c1ccc(OCc2cc(C#N)ccc2F)cc1. The highest BCUT2D eigenvalue weighted by Crippen LogP contribution is 2.18. The van der Waals surface area contributed by atoms with Crippen LogP contribution >= 0.6 is 0 Å². The van der Waals surface area contributed by atoms with Crippen molar-refractivity contribution in [3.63, 3.8) is 0 Å². The highest BCUT2D eigenvalue weighted by Gasteiger charge is 2.05. The lowest BCUT2D eigenvalue weighted by molar-refractivity contribution is 0.299. The molecule has 0 spiro atoms. The van der Waals surface area contributed by atoms with Crippen molar-refractivity contribution < 1.29 is 9.13 Å². The van der Waals surface area contributed by atoms with Crippen molar-refractivity contribution in [1.82, 2.24) is 0 Å². The van der Waals surface area contributed by atoms with Gasteiger partial charge in [0.05, 0.1) is 11.6 Å². The summed E-state index contributed by atoms with van der Waals surface area (Å²) in [5, 5.41) is 8.80. The fourth-order valence-electron chi connectivity index (χ4n) is 1.78. The van der Waals surface area contributed by atoms with E-state index in [2.05, 4.69) is 0 Å². The van der Waals surface area contributed by atoms with Crippen molar-refractivity contribution in [2.24, 2.45) is 5.73 Å². The smallest absolute Gasteiger partial charge is 0.129 e. The molecule has 20 heavy (non-hydrogen) atoms. The molecule has 0 amide bonds. The molecule has 0 heterocycles. The number of hydrogen-bond acceptors (Lipinski definition) is 3. The maximum Gasteiger partial charge on any atom is 0.129 e. The van der Waals surface area contributed by atoms with Crippen LogP contribution in [0.2, 0.25) is 0 Å². The molecule has 4 heteroatoms. The summed E-state index contributed by atoms with van der Waals surface area (Å²) in [6.07, 6.45) is 0. The normalized spacial score (nSPS) is 11.7. The molecule has 0 aliphatic rings. The molecule has 0 bridgehead atoms. The standard InChI is InChI=1S/C16H15FN2O/c1-11(19)13-3-5-15(6-4-13)20-10-14-8-12(9-18)2-7-16(14)17/h2-8,11H,10,19H2,1H3/t11-/m0/s1. The first-order valence-corrected chi connectivity index (χ1v) is 6.27. The summed E-state index contributed by atoms with van der Waals surface area (Å²) < 4.78 is 19.1. The van der Waals surface area contributed by atoms with Crippen LogP contribution in [0.4, 0.5) is 4.39 Å². The van der Waals surface area contributed by atoms with Gasteiger partial charge in [0.25, 0.3) is 0 Å². The van der Waals surface area contributed by atoms with Crippen molar-refractivity contribution in [3.8, 4) is 11.8 Å². The van der Waals surface area contributed by atoms with Crippen molar-refractivity contribution >= 4 is 0 Å². The minimum Gasteiger partial charge on any atom is -0.489 e. The van der Waals surface area contributed by atoms with Crippen molar-refractivity contribution in [2.45, 2.75) is 19.6 Å². The van der Waals surface area contributed by atoms with Gasteiger partial charge in [-0.15, -0.1) is 0 Å². The summed E-state index contributed by atoms with van der Waals surface area (Å²) in [7, 11) is 0. The molecule has 0 aliphatic carbocycles. The molecule has 0 aliphatic heterocycles. The molecule has 0 saturated carbocycles. The van der Waals surface area contributed by atoms with Gasteiger partial charge < -0.3 is 10.5 Å². The average molecular weight is 270 g/mol. The topological polar surface area (TPSA) is 59.0 Å². The molecule has 2 rings (SSSR count). The fourth-order valence-corrected chi connectivity index (χ4v) is 1.78. The van der Waals surface area contributed by atoms with E-state index in [9.17, 15) is 4.39 Å². The van der Waals surface area contributed by atoms with Crippen LogP contribution in [0.5, 0.6) is 5.75 Å². The van der Waals surface area contributed by atoms with E-state index < -0.39 is 0 Å². The third-order valence-corrected chi connectivity index (χ3v) is 2.98. The second kappa shape index (κ2) is 6.18. The Bertz CT molecular complexity index is 630. The van der Waals surface area contributed by atoms with Crippen LogP contribution < -0.4 is 10.5 Å². The van der Waals surface area contributed by atoms with Gasteiger partial charge >= 0.3 is 0 Å². The molecule has 0 radical (unpaired) electrons. The van der Waals surface area contributed by atoms with Crippen LogP contribution in [-0.4, -0.2) is 0 Å². The van der Waals surface area contributed by atoms with E-state index in [1.807, 2.05) is 25.1 Å². The summed E-state index contributed by atoms with van der Waals surface area (Å²) in [6, 6.07) is 13.5. The summed E-state index contributed by atoms with van der Waals surface area (Å²) in [4.78, 5) is 0. The van der Waals surface area contributed by atoms with Crippen LogP contribution in [0.25, 0.3) is 0 Å². The first-order valence-electron chi connectivity index (χ1n) is 6.27. The van der Waals surface area contributed by atoms with Gasteiger partial charge in [-0.25, -0.2) is 4.39 Å². The van der Waals surface area contributed by atoms with E-state index in [0.29, 0.717) is 16.9 Å². The number of nitrogens with two attached hydrogens (primary N) is 1. The van der Waals surface area contributed by atoms with Gasteiger partial charge in [-0.2, -0.15) is 5.26 Å². The number of halogens is 1. The third-order valence-electron chi connectivity index (χ3n) is 2.98. The summed E-state index contributed by atoms with van der Waals surface area (Å²) in [6.45, 7) is 1.98. The van der Waals surface area contributed by atoms with Gasteiger partial charge in [0.2, 0.25) is 0 Å². The Hall–Kier alpha value is -2.38. The maximum absolute atomic E-state index is 13.6. The predicted molar refractivity (Wildman–Crippen MR) is 74.5 cm³/mol. The van der Waals surface area contributed by atoms with Crippen LogP contribution in [0.1, 0.15) is 29.7 Å². The second-order valence-electron chi connectivity index (χ2n) is 4.56. The zero-order chi connectivity index (χ0) is 14.5. The number of benzene rings is 2. The summed E-state index contributed by atoms with van der Waals surface area (Å²) in [5.41, 5.74) is 7.54. The molecular weight excluding hydrogens is 255 g/mol. The predicted octanol–water partition coefficient (Wildman–Crippen LogP) is 3.30. The molecule has 3 nitrogen and oxygen atoms in total. The molecule has 0 unspecified atom stereocenters. The van der Waals surface area contributed by atoms with Gasteiger partial charge in [-0.05, 0) is 42.8 Å². The first-order chi connectivity index (χ1) is 9.60. The third kappa shape index (κ3) is 3.34. The highest BCUT2D eigenvalue weighted by molar-refractivity contribution is 5.34. The van der Waals surface area contributed by atoms with Gasteiger partial charge in [0.1, 0.15) is 18.2 Å². The van der Waals surface area contributed by atoms with Gasteiger partial charge in [-0.3, -0.25) is 0 Å². The van der Waals surface area contributed by atoms with Gasteiger partial charge in [0, 0.05) is 11.6 Å². The van der Waals surface area contributed by atoms with Crippen LogP contribution in [0.15, 0.2) is 42.5 Å². The van der Waals surface area contributed by atoms with E-state index in [1.54, 1.807) is 12.1 Å². The lowest BCUT2D eigenvalue weighted by Crippen LogP contribution is -2.04. The van der Waals surface area contributed by atoms with Crippen molar-refractivity contribution in [1.29, 1.82) is 5.26 Å². The average Bonchev–Trinajstić information content (AvgIpc) is 2.47. The lowest BCUT2D eigenvalue weighted by Gasteiger charge is -2.09. The number of rotatable bonds is 4. The van der Waals surface area contributed by atoms with Gasteiger partial charge in [0.15, 0.2) is 0 Å². The number of ether oxygens (including phenoxy) is 1. The minimum absolute atomic E-state index is 0.0335. The van der Waals surface area contributed by atoms with Crippen LogP contribution in [0, 0.1) is 17.1 Å². The van der Waals surface area contributed by atoms with Crippen LogP contribution in [-0.2, 0) is 6.61 Å². The highest BCUT2D eigenvalue weighted by atomic mass is 19.1. The Morgan fingerprint density at radius 1 is 1.25 bits per heavy atom. The molecule has 2 N–H and O–H groups in total. The Kier molecular flexibility index (Phi) is 4.34. The Morgan fingerprint density at radius 2 is 1.95 bits per heavy atom. The summed E-state index contributed by atoms with van der Waals surface area (Å²) >= 11 is 0. The van der Waals surface area contributed by atoms with E-state index in [4.69, 9.17) is 15.7 Å². The fraction of sp³-hybridized carbons (Fsp3) is 0.188. The molecule has 1 atom stereocenters. The molecule has 2 aromatic carbocycles. The van der Waals surface area contributed by atoms with Crippen molar-refractivity contribution in [3.05, 3.63) is 65.0 Å². The lowest BCUT2D eigenvalue weighted by atomic mass is 10.1. The quantitative estimate of drug-likeness (QED) is 0.927. The van der Waals surface area contributed by atoms with Gasteiger partial charge in [-0.1, -0.05) is 12.1 Å². The number of hydrogen-bond donors (Lipinski definition) is 1. The number of nitrogens with zero attached hydrogens (tertiary/aromatic N) is 1. The van der Waals surface area contributed by atoms with E-state index in [0.717, 1.165) is 5.56 Å². The Labute approximate surface area is 117 Å². The molecule has 0 fully saturated rings. The largest absolute Gasteiger partial charge is 0.489 e. The van der Waals surface area contributed by atoms with E-state index in [1.165, 1.54) is 18.2 Å². The Morgan fingerprint density at radius 3 is 2.55 bits per heavy atom. The molecule has 102 valence electrons. The zero-order valence-electron chi connectivity index (χ0n) is 11.1. The first kappa shape index (κ1) is 14.0. The van der Waals surface area contributed by atoms with Crippen LogP contribution in [0.3, 0.4) is 0 Å². The van der Waals surface area contributed by atoms with E-state index >= 15 is 0 Å². The van der Waals surface area contributed by atoms with Crippen molar-refractivity contribution in [2.75, 3.05) is 0 Å². The zero-order valence-corrected chi connectivity index (χ0v) is 11.1. The molecule has 0 aromatic heterocycles. The maximum atomic E-state index is 13.6. The number of nitriles is 1. The monoisotopic (exact) mass is 270 g/mol. The Balaban J connectivity index is 2.07. The summed E-state index contributed by atoms with van der Waals surface area (Å²) in [5.74, 6) is 0.257. The second-order valence-corrected chi connectivity index (χ2v) is 4.56.